The largest absolute Gasteiger partial charge is 0.368 e. The van der Waals surface area contributed by atoms with Crippen LogP contribution in [0.2, 0.25) is 0 Å². The van der Waals surface area contributed by atoms with Crippen molar-refractivity contribution in [3.63, 3.8) is 0 Å². The standard InChI is InChI=1S/C19H22N2.C4H5N/c1-16-7-9-17(10-8-16)18(19-6-2-3-12-20-19)11-15-21-13-4-5-14-21;1-2-4-5-3-1/h2-3,6-12H,4-5,13-15H2,1H3;1-5H/b18-11+;. The number of hydrogen-bond acceptors (Lipinski definition) is 2. The van der Waals surface area contributed by atoms with Crippen molar-refractivity contribution in [1.29, 1.82) is 0 Å². The molecule has 0 amide bonds. The number of pyridine rings is 1. The van der Waals surface area contributed by atoms with E-state index in [4.69, 9.17) is 0 Å². The van der Waals surface area contributed by atoms with Crippen LogP contribution in [0, 0.1) is 6.92 Å². The van der Waals surface area contributed by atoms with E-state index >= 15 is 0 Å². The summed E-state index contributed by atoms with van der Waals surface area (Å²) in [6.07, 6.45) is 10.6. The van der Waals surface area contributed by atoms with E-state index in [9.17, 15) is 0 Å². The van der Waals surface area contributed by atoms with E-state index in [2.05, 4.69) is 64.3 Å². The van der Waals surface area contributed by atoms with Crippen molar-refractivity contribution in [3.05, 3.63) is 96.1 Å². The first-order valence-electron chi connectivity index (χ1n) is 9.31. The van der Waals surface area contributed by atoms with E-state index < -0.39 is 0 Å². The van der Waals surface area contributed by atoms with Crippen molar-refractivity contribution in [2.45, 2.75) is 19.8 Å². The molecule has 4 rings (SSSR count). The first-order chi connectivity index (χ1) is 12.8. The van der Waals surface area contributed by atoms with Crippen molar-refractivity contribution in [3.8, 4) is 0 Å². The van der Waals surface area contributed by atoms with Crippen molar-refractivity contribution in [2.24, 2.45) is 0 Å². The van der Waals surface area contributed by atoms with Gasteiger partial charge in [0.2, 0.25) is 0 Å². The molecule has 3 heteroatoms. The lowest BCUT2D eigenvalue weighted by atomic mass is 10.0. The van der Waals surface area contributed by atoms with Gasteiger partial charge in [-0.25, -0.2) is 0 Å². The van der Waals surface area contributed by atoms with Crippen LogP contribution in [0.1, 0.15) is 29.7 Å². The topological polar surface area (TPSA) is 31.9 Å². The predicted octanol–water partition coefficient (Wildman–Crippen LogP) is 4.93. The molecule has 2 aromatic heterocycles. The Morgan fingerprint density at radius 1 is 1.00 bits per heavy atom. The summed E-state index contributed by atoms with van der Waals surface area (Å²) in [7, 11) is 0. The van der Waals surface area contributed by atoms with Crippen LogP contribution in [0.4, 0.5) is 0 Å². The molecule has 1 aliphatic heterocycles. The van der Waals surface area contributed by atoms with Crippen molar-refractivity contribution in [1.82, 2.24) is 14.9 Å². The Hall–Kier alpha value is -2.65. The highest BCUT2D eigenvalue weighted by Gasteiger charge is 2.11. The summed E-state index contributed by atoms with van der Waals surface area (Å²) in [6.45, 7) is 5.58. The highest BCUT2D eigenvalue weighted by atomic mass is 15.1. The summed E-state index contributed by atoms with van der Waals surface area (Å²) in [5, 5.41) is 0. The van der Waals surface area contributed by atoms with Gasteiger partial charge in [-0.3, -0.25) is 9.88 Å². The fraction of sp³-hybridized carbons (Fsp3) is 0.261. The summed E-state index contributed by atoms with van der Waals surface area (Å²) < 4.78 is 0. The maximum atomic E-state index is 4.54. The molecule has 134 valence electrons. The highest BCUT2D eigenvalue weighted by molar-refractivity contribution is 5.78. The number of likely N-dealkylation sites (tertiary alicyclic amines) is 1. The Morgan fingerprint density at radius 2 is 1.73 bits per heavy atom. The smallest absolute Gasteiger partial charge is 0.0705 e. The molecule has 3 heterocycles. The van der Waals surface area contributed by atoms with Gasteiger partial charge in [0.1, 0.15) is 0 Å². The summed E-state index contributed by atoms with van der Waals surface area (Å²) in [5.41, 5.74) is 4.83. The number of aromatic amines is 1. The van der Waals surface area contributed by atoms with Gasteiger partial charge in [0.25, 0.3) is 0 Å². The molecule has 1 N–H and O–H groups in total. The van der Waals surface area contributed by atoms with Crippen molar-refractivity contribution in [2.75, 3.05) is 19.6 Å². The van der Waals surface area contributed by atoms with Crippen molar-refractivity contribution < 1.29 is 0 Å². The number of benzene rings is 1. The SMILES string of the molecule is Cc1ccc(/C(=C\CN2CCCC2)c2ccccn2)cc1.c1cc[nH]c1. The molecule has 0 atom stereocenters. The van der Waals surface area contributed by atoms with Gasteiger partial charge in [-0.1, -0.05) is 42.0 Å². The normalized spacial score (nSPS) is 14.7. The minimum Gasteiger partial charge on any atom is -0.368 e. The average Bonchev–Trinajstić information content (AvgIpc) is 3.41. The number of H-pyrrole nitrogens is 1. The molecule has 3 nitrogen and oxygen atoms in total. The average molecular weight is 345 g/mol. The van der Waals surface area contributed by atoms with E-state index in [0.29, 0.717) is 0 Å². The molecular weight excluding hydrogens is 318 g/mol. The second-order valence-corrected chi connectivity index (χ2v) is 6.59. The molecule has 0 bridgehead atoms. The van der Waals surface area contributed by atoms with Crippen LogP contribution in [-0.2, 0) is 0 Å². The predicted molar refractivity (Wildman–Crippen MR) is 109 cm³/mol. The quantitative estimate of drug-likeness (QED) is 0.727. The molecule has 1 saturated heterocycles. The Morgan fingerprint density at radius 3 is 2.31 bits per heavy atom. The lowest BCUT2D eigenvalue weighted by Crippen LogP contribution is -2.19. The third-order valence-corrected chi connectivity index (χ3v) is 4.55. The Bertz CT molecular complexity index is 751. The van der Waals surface area contributed by atoms with Gasteiger partial charge in [-0.15, -0.1) is 0 Å². The van der Waals surface area contributed by atoms with Gasteiger partial charge >= 0.3 is 0 Å². The number of nitrogens with one attached hydrogen (secondary N) is 1. The van der Waals surface area contributed by atoms with E-state index in [1.807, 2.05) is 36.8 Å². The second-order valence-electron chi connectivity index (χ2n) is 6.59. The van der Waals surface area contributed by atoms with E-state index in [0.717, 1.165) is 12.2 Å². The van der Waals surface area contributed by atoms with Crippen LogP contribution < -0.4 is 0 Å². The van der Waals surface area contributed by atoms with E-state index in [1.165, 1.54) is 42.6 Å². The Kier molecular flexibility index (Phi) is 6.80. The zero-order chi connectivity index (χ0) is 18.0. The van der Waals surface area contributed by atoms with Crippen LogP contribution in [0.5, 0.6) is 0 Å². The Labute approximate surface area is 156 Å². The van der Waals surface area contributed by atoms with Gasteiger partial charge in [-0.05, 0) is 62.7 Å². The second kappa shape index (κ2) is 9.73. The van der Waals surface area contributed by atoms with Gasteiger partial charge in [0.15, 0.2) is 0 Å². The fourth-order valence-electron chi connectivity index (χ4n) is 3.09. The van der Waals surface area contributed by atoms with Crippen LogP contribution >= 0.6 is 0 Å². The first kappa shape index (κ1) is 18.2. The molecule has 0 saturated carbocycles. The third-order valence-electron chi connectivity index (χ3n) is 4.55. The lowest BCUT2D eigenvalue weighted by molar-refractivity contribution is 0.377. The monoisotopic (exact) mass is 345 g/mol. The van der Waals surface area contributed by atoms with Crippen LogP contribution in [0.25, 0.3) is 5.57 Å². The van der Waals surface area contributed by atoms with Gasteiger partial charge in [0, 0.05) is 30.7 Å². The van der Waals surface area contributed by atoms with E-state index in [1.54, 1.807) is 0 Å². The summed E-state index contributed by atoms with van der Waals surface area (Å²) in [5.74, 6) is 0. The number of rotatable bonds is 4. The number of aryl methyl sites for hydroxylation is 1. The van der Waals surface area contributed by atoms with E-state index in [-0.39, 0.29) is 0 Å². The molecule has 26 heavy (non-hydrogen) atoms. The molecule has 0 spiro atoms. The van der Waals surface area contributed by atoms with Crippen LogP contribution in [0.3, 0.4) is 0 Å². The lowest BCUT2D eigenvalue weighted by Gasteiger charge is -2.14. The van der Waals surface area contributed by atoms with Crippen LogP contribution in [0.15, 0.2) is 79.3 Å². The Balaban J connectivity index is 0.000000339. The molecule has 3 aromatic rings. The molecule has 0 unspecified atom stereocenters. The first-order valence-corrected chi connectivity index (χ1v) is 9.31. The number of hydrogen-bond donors (Lipinski definition) is 1. The number of nitrogens with zero attached hydrogens (tertiary/aromatic N) is 2. The number of aromatic nitrogens is 2. The molecular formula is C23H27N3. The van der Waals surface area contributed by atoms with Crippen LogP contribution in [-0.4, -0.2) is 34.5 Å². The maximum Gasteiger partial charge on any atom is 0.0705 e. The molecule has 0 aliphatic carbocycles. The van der Waals surface area contributed by atoms with Crippen molar-refractivity contribution >= 4 is 5.57 Å². The highest BCUT2D eigenvalue weighted by Crippen LogP contribution is 2.22. The summed E-state index contributed by atoms with van der Waals surface area (Å²) in [4.78, 5) is 9.91. The molecule has 1 aliphatic rings. The van der Waals surface area contributed by atoms with Gasteiger partial charge in [0.05, 0.1) is 5.69 Å². The minimum atomic E-state index is 1.01. The molecule has 1 aromatic carbocycles. The minimum absolute atomic E-state index is 1.01. The third kappa shape index (κ3) is 5.43. The zero-order valence-corrected chi connectivity index (χ0v) is 15.4. The fourth-order valence-corrected chi connectivity index (χ4v) is 3.09. The maximum absolute atomic E-state index is 4.54. The molecule has 1 fully saturated rings. The zero-order valence-electron chi connectivity index (χ0n) is 15.4. The molecule has 0 radical (unpaired) electrons. The van der Waals surface area contributed by atoms with Gasteiger partial charge < -0.3 is 4.98 Å². The summed E-state index contributed by atoms with van der Waals surface area (Å²) in [6, 6.07) is 18.7. The summed E-state index contributed by atoms with van der Waals surface area (Å²) >= 11 is 0. The van der Waals surface area contributed by atoms with Gasteiger partial charge in [-0.2, -0.15) is 0 Å².